The highest BCUT2D eigenvalue weighted by atomic mass is 32.2. The molecule has 0 radical (unpaired) electrons. The number of benzene rings is 1. The van der Waals surface area contributed by atoms with Gasteiger partial charge in [-0.25, -0.2) is 4.98 Å². The van der Waals surface area contributed by atoms with E-state index in [9.17, 15) is 4.79 Å². The number of hydrogen-bond donors (Lipinski definition) is 0. The third kappa shape index (κ3) is 4.16. The number of aryl methyl sites for hydroxylation is 1. The normalized spacial score (nSPS) is 15.4. The van der Waals surface area contributed by atoms with E-state index < -0.39 is 0 Å². The third-order valence-corrected chi connectivity index (χ3v) is 5.34. The number of carbonyl (C=O) groups is 1. The van der Waals surface area contributed by atoms with Crippen molar-refractivity contribution in [3.05, 3.63) is 47.8 Å². The molecule has 23 heavy (non-hydrogen) atoms. The Morgan fingerprint density at radius 3 is 2.70 bits per heavy atom. The van der Waals surface area contributed by atoms with Crippen molar-refractivity contribution in [2.75, 3.05) is 13.1 Å². The molecule has 5 heteroatoms. The number of carbonyl (C=O) groups excluding carboxylic acids is 1. The monoisotopic (exact) mass is 329 g/mol. The smallest absolute Gasteiger partial charge is 0.253 e. The highest BCUT2D eigenvalue weighted by molar-refractivity contribution is 7.98. The number of amides is 1. The Kier molecular flexibility index (Phi) is 5.39. The summed E-state index contributed by atoms with van der Waals surface area (Å²) in [7, 11) is 1.99. The second-order valence-electron chi connectivity index (χ2n) is 6.02. The topological polar surface area (TPSA) is 38.1 Å². The van der Waals surface area contributed by atoms with E-state index >= 15 is 0 Å². The summed E-state index contributed by atoms with van der Waals surface area (Å²) in [6.45, 7) is 1.79. The molecule has 1 aliphatic rings. The van der Waals surface area contributed by atoms with Crippen molar-refractivity contribution < 1.29 is 4.79 Å². The maximum atomic E-state index is 12.7. The van der Waals surface area contributed by atoms with Gasteiger partial charge in [-0.1, -0.05) is 36.7 Å². The van der Waals surface area contributed by atoms with Crippen LogP contribution in [0.4, 0.5) is 0 Å². The Morgan fingerprint density at radius 2 is 2.00 bits per heavy atom. The van der Waals surface area contributed by atoms with Gasteiger partial charge in [-0.2, -0.15) is 0 Å². The van der Waals surface area contributed by atoms with Crippen LogP contribution in [0.25, 0.3) is 0 Å². The number of hydrogen-bond acceptors (Lipinski definition) is 3. The lowest BCUT2D eigenvalue weighted by Gasteiger charge is -2.20. The number of likely N-dealkylation sites (tertiary alicyclic amines) is 1. The average Bonchev–Trinajstić information content (AvgIpc) is 2.82. The molecule has 0 saturated carbocycles. The number of aromatic nitrogens is 2. The molecule has 122 valence electrons. The molecule has 3 rings (SSSR count). The standard InChI is InChI=1S/C18H23N3OS/c1-20-12-9-19-18(20)23-14-15-7-6-8-16(13-15)17(22)21-10-4-2-3-5-11-21/h6-9,12-13H,2-5,10-11,14H2,1H3. The third-order valence-electron chi connectivity index (χ3n) is 4.21. The summed E-state index contributed by atoms with van der Waals surface area (Å²) >= 11 is 1.69. The van der Waals surface area contributed by atoms with Crippen LogP contribution in [0.3, 0.4) is 0 Å². The zero-order valence-corrected chi connectivity index (χ0v) is 14.4. The first-order valence-corrected chi connectivity index (χ1v) is 9.21. The van der Waals surface area contributed by atoms with Crippen LogP contribution in [0.5, 0.6) is 0 Å². The molecule has 2 heterocycles. The maximum absolute atomic E-state index is 12.7. The molecular formula is C18H23N3OS. The van der Waals surface area contributed by atoms with Gasteiger partial charge in [0.1, 0.15) is 0 Å². The van der Waals surface area contributed by atoms with Gasteiger partial charge in [-0.15, -0.1) is 0 Å². The van der Waals surface area contributed by atoms with Crippen molar-refractivity contribution in [2.45, 2.75) is 36.6 Å². The molecule has 4 nitrogen and oxygen atoms in total. The van der Waals surface area contributed by atoms with E-state index in [1.54, 1.807) is 11.8 Å². The van der Waals surface area contributed by atoms with E-state index in [0.29, 0.717) is 0 Å². The zero-order chi connectivity index (χ0) is 16.1. The second kappa shape index (κ2) is 7.68. The minimum atomic E-state index is 0.177. The molecule has 0 bridgehead atoms. The molecule has 0 N–H and O–H groups in total. The molecule has 0 spiro atoms. The lowest BCUT2D eigenvalue weighted by Crippen LogP contribution is -2.31. The Hall–Kier alpha value is -1.75. The quantitative estimate of drug-likeness (QED) is 0.802. The predicted molar refractivity (Wildman–Crippen MR) is 93.6 cm³/mol. The summed E-state index contributed by atoms with van der Waals surface area (Å²) in [5.74, 6) is 1.00. The van der Waals surface area contributed by atoms with Crippen LogP contribution in [0.15, 0.2) is 41.8 Å². The SMILES string of the molecule is Cn1ccnc1SCc1cccc(C(=O)N2CCCCCC2)c1. The Balaban J connectivity index is 1.66. The highest BCUT2D eigenvalue weighted by Gasteiger charge is 2.17. The van der Waals surface area contributed by atoms with Crippen molar-refractivity contribution in [2.24, 2.45) is 7.05 Å². The lowest BCUT2D eigenvalue weighted by molar-refractivity contribution is 0.0761. The maximum Gasteiger partial charge on any atom is 0.253 e. The molecule has 1 aliphatic heterocycles. The van der Waals surface area contributed by atoms with E-state index in [2.05, 4.69) is 11.1 Å². The molecule has 1 aromatic heterocycles. The van der Waals surface area contributed by atoms with Gasteiger partial charge in [-0.05, 0) is 30.5 Å². The first-order valence-electron chi connectivity index (χ1n) is 8.22. The summed E-state index contributed by atoms with van der Waals surface area (Å²) in [6.07, 6.45) is 8.48. The molecule has 2 aromatic rings. The van der Waals surface area contributed by atoms with Gasteiger partial charge in [0.25, 0.3) is 5.91 Å². The van der Waals surface area contributed by atoms with Gasteiger partial charge in [0.15, 0.2) is 5.16 Å². The van der Waals surface area contributed by atoms with Gasteiger partial charge < -0.3 is 9.47 Å². The van der Waals surface area contributed by atoms with Crippen molar-refractivity contribution in [1.82, 2.24) is 14.5 Å². The van der Waals surface area contributed by atoms with Crippen molar-refractivity contribution in [1.29, 1.82) is 0 Å². The second-order valence-corrected chi connectivity index (χ2v) is 6.96. The van der Waals surface area contributed by atoms with Crippen LogP contribution in [-0.2, 0) is 12.8 Å². The summed E-state index contributed by atoms with van der Waals surface area (Å²) in [5.41, 5.74) is 1.98. The minimum absolute atomic E-state index is 0.177. The van der Waals surface area contributed by atoms with Gasteiger partial charge in [0.2, 0.25) is 0 Å². The molecule has 0 aliphatic carbocycles. The summed E-state index contributed by atoms with van der Waals surface area (Å²) in [4.78, 5) is 19.0. The number of imidazole rings is 1. The zero-order valence-electron chi connectivity index (χ0n) is 13.6. The van der Waals surface area contributed by atoms with E-state index in [-0.39, 0.29) is 5.91 Å². The number of rotatable bonds is 4. The van der Waals surface area contributed by atoms with Gasteiger partial charge >= 0.3 is 0 Å². The van der Waals surface area contributed by atoms with Gasteiger partial charge in [0.05, 0.1) is 0 Å². The van der Waals surface area contributed by atoms with Gasteiger partial charge in [-0.3, -0.25) is 4.79 Å². The highest BCUT2D eigenvalue weighted by Crippen LogP contribution is 2.22. The fourth-order valence-electron chi connectivity index (χ4n) is 2.89. The summed E-state index contributed by atoms with van der Waals surface area (Å²) in [5, 5.41) is 0.995. The van der Waals surface area contributed by atoms with E-state index in [1.165, 1.54) is 18.4 Å². The number of nitrogens with zero attached hydrogens (tertiary/aromatic N) is 3. The van der Waals surface area contributed by atoms with E-state index in [1.807, 2.05) is 47.1 Å². The van der Waals surface area contributed by atoms with Crippen molar-refractivity contribution in [3.8, 4) is 0 Å². The predicted octanol–water partition coefficient (Wildman–Crippen LogP) is 3.73. The fourth-order valence-corrected chi connectivity index (χ4v) is 3.76. The summed E-state index contributed by atoms with van der Waals surface area (Å²) in [6, 6.07) is 8.03. The van der Waals surface area contributed by atoms with Crippen molar-refractivity contribution in [3.63, 3.8) is 0 Å². The van der Waals surface area contributed by atoms with E-state index in [0.717, 1.165) is 42.4 Å². The van der Waals surface area contributed by atoms with Crippen molar-refractivity contribution >= 4 is 17.7 Å². The number of thioether (sulfide) groups is 1. The van der Waals surface area contributed by atoms with Crippen LogP contribution in [-0.4, -0.2) is 33.4 Å². The lowest BCUT2D eigenvalue weighted by atomic mass is 10.1. The Bertz CT molecular complexity index is 660. The van der Waals surface area contributed by atoms with Gasteiger partial charge in [0, 0.05) is 43.8 Å². The minimum Gasteiger partial charge on any atom is -0.339 e. The first-order chi connectivity index (χ1) is 11.2. The molecule has 1 amide bonds. The fraction of sp³-hybridized carbons (Fsp3) is 0.444. The van der Waals surface area contributed by atoms with Crippen LogP contribution in [0.2, 0.25) is 0 Å². The Labute approximate surface area is 141 Å². The van der Waals surface area contributed by atoms with Crippen LogP contribution in [0, 0.1) is 0 Å². The van der Waals surface area contributed by atoms with Crippen LogP contribution < -0.4 is 0 Å². The molecular weight excluding hydrogens is 306 g/mol. The van der Waals surface area contributed by atoms with Crippen LogP contribution >= 0.6 is 11.8 Å². The Morgan fingerprint density at radius 1 is 1.22 bits per heavy atom. The molecule has 1 aromatic carbocycles. The molecule has 0 atom stereocenters. The summed E-state index contributed by atoms with van der Waals surface area (Å²) < 4.78 is 2.01. The molecule has 1 fully saturated rings. The average molecular weight is 329 g/mol. The molecule has 1 saturated heterocycles. The molecule has 0 unspecified atom stereocenters. The van der Waals surface area contributed by atoms with E-state index in [4.69, 9.17) is 0 Å². The largest absolute Gasteiger partial charge is 0.339 e. The first kappa shape index (κ1) is 16.1. The van der Waals surface area contributed by atoms with Crippen LogP contribution in [0.1, 0.15) is 41.6 Å².